The van der Waals surface area contributed by atoms with Gasteiger partial charge in [-0.2, -0.15) is 0 Å². The highest BCUT2D eigenvalue weighted by Crippen LogP contribution is 2.21. The molecule has 1 aromatic rings. The Bertz CT molecular complexity index is 430. The molecular formula is C14H24N4S. The molecule has 2 atom stereocenters. The summed E-state index contributed by atoms with van der Waals surface area (Å²) in [6.07, 6.45) is 3.27. The van der Waals surface area contributed by atoms with Gasteiger partial charge in [0.2, 0.25) is 0 Å². The molecule has 0 radical (unpaired) electrons. The summed E-state index contributed by atoms with van der Waals surface area (Å²) in [5, 5.41) is 4.57. The zero-order valence-electron chi connectivity index (χ0n) is 12.3. The number of thiazole rings is 1. The van der Waals surface area contributed by atoms with Crippen LogP contribution in [0.2, 0.25) is 0 Å². The summed E-state index contributed by atoms with van der Waals surface area (Å²) >= 11 is 1.74. The summed E-state index contributed by atoms with van der Waals surface area (Å²) in [6, 6.07) is 0. The van der Waals surface area contributed by atoms with E-state index < -0.39 is 0 Å². The number of piperidine rings is 1. The number of rotatable bonds is 2. The highest BCUT2D eigenvalue weighted by atomic mass is 32.1. The SMILES string of the molecule is CN=C(NCc1cnc(C)s1)N1CC(C)CC(C)C1. The fourth-order valence-corrected chi connectivity index (χ4v) is 3.56. The Labute approximate surface area is 120 Å². The van der Waals surface area contributed by atoms with Gasteiger partial charge in [-0.3, -0.25) is 4.99 Å². The second-order valence-corrected chi connectivity index (χ2v) is 6.92. The quantitative estimate of drug-likeness (QED) is 0.668. The second kappa shape index (κ2) is 6.37. The number of nitrogens with one attached hydrogen (secondary N) is 1. The molecule has 0 saturated carbocycles. The van der Waals surface area contributed by atoms with Gasteiger partial charge < -0.3 is 10.2 Å². The van der Waals surface area contributed by atoms with Gasteiger partial charge in [0.25, 0.3) is 0 Å². The average molecular weight is 280 g/mol. The van der Waals surface area contributed by atoms with Crippen LogP contribution in [0.3, 0.4) is 0 Å². The van der Waals surface area contributed by atoms with Crippen molar-refractivity contribution >= 4 is 17.3 Å². The van der Waals surface area contributed by atoms with E-state index in [0.717, 1.165) is 42.4 Å². The van der Waals surface area contributed by atoms with Crippen molar-refractivity contribution in [2.45, 2.75) is 33.7 Å². The van der Waals surface area contributed by atoms with E-state index in [2.05, 4.69) is 34.0 Å². The highest BCUT2D eigenvalue weighted by molar-refractivity contribution is 7.11. The van der Waals surface area contributed by atoms with Crippen molar-refractivity contribution in [1.29, 1.82) is 0 Å². The first-order valence-corrected chi connectivity index (χ1v) is 7.77. The standard InChI is InChI=1S/C14H24N4S/c1-10-5-11(2)9-18(8-10)14(15-4)17-7-13-6-16-12(3)19-13/h6,10-11H,5,7-9H2,1-4H3,(H,15,17). The Morgan fingerprint density at radius 3 is 2.68 bits per heavy atom. The van der Waals surface area contributed by atoms with Crippen LogP contribution in [0.1, 0.15) is 30.2 Å². The third kappa shape index (κ3) is 3.93. The third-order valence-electron chi connectivity index (χ3n) is 3.47. The largest absolute Gasteiger partial charge is 0.351 e. The van der Waals surface area contributed by atoms with Crippen molar-refractivity contribution < 1.29 is 0 Å². The normalized spacial score (nSPS) is 24.6. The molecule has 1 fully saturated rings. The molecule has 5 heteroatoms. The molecule has 1 aromatic heterocycles. The molecule has 2 unspecified atom stereocenters. The number of aliphatic imine (C=N–C) groups is 1. The van der Waals surface area contributed by atoms with Gasteiger partial charge in [-0.05, 0) is 25.2 Å². The Balaban J connectivity index is 1.93. The van der Waals surface area contributed by atoms with Gasteiger partial charge in [0.1, 0.15) is 0 Å². The molecule has 1 aliphatic rings. The first-order valence-electron chi connectivity index (χ1n) is 6.95. The van der Waals surface area contributed by atoms with Crippen LogP contribution in [0.15, 0.2) is 11.2 Å². The predicted octanol–water partition coefficient (Wildman–Crippen LogP) is 2.50. The predicted molar refractivity (Wildman–Crippen MR) is 81.6 cm³/mol. The van der Waals surface area contributed by atoms with Gasteiger partial charge in [0, 0.05) is 31.2 Å². The third-order valence-corrected chi connectivity index (χ3v) is 4.38. The number of guanidine groups is 1. The lowest BCUT2D eigenvalue weighted by atomic mass is 9.92. The molecular weight excluding hydrogens is 256 g/mol. The van der Waals surface area contributed by atoms with E-state index in [4.69, 9.17) is 0 Å². The Morgan fingerprint density at radius 1 is 1.47 bits per heavy atom. The van der Waals surface area contributed by atoms with Crippen molar-refractivity contribution in [2.24, 2.45) is 16.8 Å². The molecule has 19 heavy (non-hydrogen) atoms. The van der Waals surface area contributed by atoms with Crippen LogP contribution in [-0.4, -0.2) is 36.0 Å². The highest BCUT2D eigenvalue weighted by Gasteiger charge is 2.23. The first-order chi connectivity index (χ1) is 9.08. The molecule has 1 aliphatic heterocycles. The lowest BCUT2D eigenvalue weighted by molar-refractivity contribution is 0.208. The summed E-state index contributed by atoms with van der Waals surface area (Å²) in [5.41, 5.74) is 0. The van der Waals surface area contributed by atoms with E-state index >= 15 is 0 Å². The van der Waals surface area contributed by atoms with Gasteiger partial charge in [0.15, 0.2) is 5.96 Å². The molecule has 1 saturated heterocycles. The molecule has 2 rings (SSSR count). The maximum absolute atomic E-state index is 4.42. The maximum atomic E-state index is 4.42. The summed E-state index contributed by atoms with van der Waals surface area (Å²) in [6.45, 7) is 9.71. The number of nitrogens with zero attached hydrogens (tertiary/aromatic N) is 3. The maximum Gasteiger partial charge on any atom is 0.193 e. The number of aromatic nitrogens is 1. The van der Waals surface area contributed by atoms with Crippen LogP contribution in [0, 0.1) is 18.8 Å². The Morgan fingerprint density at radius 2 is 2.16 bits per heavy atom. The molecule has 0 spiro atoms. The summed E-state index contributed by atoms with van der Waals surface area (Å²) < 4.78 is 0. The molecule has 0 aliphatic carbocycles. The number of hydrogen-bond acceptors (Lipinski definition) is 3. The van der Waals surface area contributed by atoms with Gasteiger partial charge in [-0.25, -0.2) is 4.98 Å². The van der Waals surface area contributed by atoms with Crippen molar-refractivity contribution in [3.63, 3.8) is 0 Å². The topological polar surface area (TPSA) is 40.5 Å². The number of likely N-dealkylation sites (tertiary alicyclic amines) is 1. The molecule has 4 nitrogen and oxygen atoms in total. The van der Waals surface area contributed by atoms with E-state index in [1.165, 1.54) is 11.3 Å². The van der Waals surface area contributed by atoms with E-state index in [-0.39, 0.29) is 0 Å². The minimum absolute atomic E-state index is 0.743. The Hall–Kier alpha value is -1.10. The molecule has 1 N–H and O–H groups in total. The lowest BCUT2D eigenvalue weighted by Crippen LogP contribution is -2.48. The molecule has 0 bridgehead atoms. The fraction of sp³-hybridized carbons (Fsp3) is 0.714. The summed E-state index contributed by atoms with van der Waals surface area (Å²) in [7, 11) is 1.87. The average Bonchev–Trinajstić information content (AvgIpc) is 2.75. The molecule has 0 amide bonds. The van der Waals surface area contributed by atoms with Gasteiger partial charge in [-0.15, -0.1) is 11.3 Å². The fourth-order valence-electron chi connectivity index (χ4n) is 2.82. The Kier molecular flexibility index (Phi) is 4.80. The summed E-state index contributed by atoms with van der Waals surface area (Å²) in [4.78, 5) is 12.3. The van der Waals surface area contributed by atoms with Crippen molar-refractivity contribution in [2.75, 3.05) is 20.1 Å². The van der Waals surface area contributed by atoms with Gasteiger partial charge >= 0.3 is 0 Å². The molecule has 0 aromatic carbocycles. The number of aryl methyl sites for hydroxylation is 1. The first kappa shape index (κ1) is 14.3. The smallest absolute Gasteiger partial charge is 0.193 e. The van der Waals surface area contributed by atoms with Crippen LogP contribution in [0.5, 0.6) is 0 Å². The van der Waals surface area contributed by atoms with Crippen molar-refractivity contribution in [3.05, 3.63) is 16.1 Å². The monoisotopic (exact) mass is 280 g/mol. The van der Waals surface area contributed by atoms with E-state index in [9.17, 15) is 0 Å². The zero-order chi connectivity index (χ0) is 13.8. The van der Waals surface area contributed by atoms with Crippen LogP contribution in [0.4, 0.5) is 0 Å². The van der Waals surface area contributed by atoms with Crippen molar-refractivity contribution in [1.82, 2.24) is 15.2 Å². The van der Waals surface area contributed by atoms with Gasteiger partial charge in [0.05, 0.1) is 11.6 Å². The summed E-state index contributed by atoms with van der Waals surface area (Å²) in [5.74, 6) is 2.50. The zero-order valence-corrected chi connectivity index (χ0v) is 13.1. The molecule has 2 heterocycles. The van der Waals surface area contributed by atoms with Crippen molar-refractivity contribution in [3.8, 4) is 0 Å². The minimum Gasteiger partial charge on any atom is -0.351 e. The van der Waals surface area contributed by atoms with E-state index in [1.54, 1.807) is 11.3 Å². The van der Waals surface area contributed by atoms with Crippen LogP contribution in [-0.2, 0) is 6.54 Å². The van der Waals surface area contributed by atoms with Crippen LogP contribution < -0.4 is 5.32 Å². The van der Waals surface area contributed by atoms with Crippen LogP contribution >= 0.6 is 11.3 Å². The molecule has 106 valence electrons. The lowest BCUT2D eigenvalue weighted by Gasteiger charge is -2.37. The number of hydrogen-bond donors (Lipinski definition) is 1. The van der Waals surface area contributed by atoms with E-state index in [1.807, 2.05) is 20.2 Å². The second-order valence-electron chi connectivity index (χ2n) is 5.60. The van der Waals surface area contributed by atoms with Gasteiger partial charge in [-0.1, -0.05) is 13.8 Å². The minimum atomic E-state index is 0.743. The van der Waals surface area contributed by atoms with E-state index in [0.29, 0.717) is 0 Å². The van der Waals surface area contributed by atoms with Crippen LogP contribution in [0.25, 0.3) is 0 Å².